The van der Waals surface area contributed by atoms with Crippen LogP contribution in [-0.2, 0) is 27.8 Å². The molecular weight excluding hydrogens is 372 g/mol. The molecule has 2 aliphatic heterocycles. The van der Waals surface area contributed by atoms with Crippen LogP contribution in [0.2, 0.25) is 0 Å². The molecule has 0 aromatic heterocycles. The lowest BCUT2D eigenvalue weighted by molar-refractivity contribution is -0.137. The maximum Gasteiger partial charge on any atom is 0.243 e. The van der Waals surface area contributed by atoms with Gasteiger partial charge in [0.25, 0.3) is 0 Å². The molecule has 0 atom stereocenters. The highest BCUT2D eigenvalue weighted by Gasteiger charge is 2.34. The zero-order valence-corrected chi connectivity index (χ0v) is 17.0. The third-order valence-corrected chi connectivity index (χ3v) is 7.77. The van der Waals surface area contributed by atoms with Crippen LogP contribution in [0, 0.1) is 12.8 Å². The summed E-state index contributed by atoms with van der Waals surface area (Å²) in [5.41, 5.74) is 3.48. The summed E-state index contributed by atoms with van der Waals surface area (Å²) >= 11 is 0. The highest BCUT2D eigenvalue weighted by molar-refractivity contribution is 7.89. The molecule has 0 unspecified atom stereocenters. The van der Waals surface area contributed by atoms with Gasteiger partial charge in [0.05, 0.1) is 4.90 Å². The van der Waals surface area contributed by atoms with Crippen molar-refractivity contribution in [2.45, 2.75) is 37.6 Å². The molecule has 2 aromatic carbocycles. The number of fused-ring (bicyclic) bond motifs is 1. The molecule has 1 fully saturated rings. The lowest BCUT2D eigenvalue weighted by atomic mass is 9.94. The Labute approximate surface area is 167 Å². The standard InChI is InChI=1S/C22H26N2O3S/c1-17-5-4-8-21(15-17)28(26,27)24-13-10-19(11-14-24)22(25)23-12-9-18-6-2-3-7-20(18)16-23/h2-8,15,19H,9-14,16H2,1H3. The van der Waals surface area contributed by atoms with E-state index in [1.54, 1.807) is 18.2 Å². The maximum absolute atomic E-state index is 13.0. The Morgan fingerprint density at radius 3 is 2.39 bits per heavy atom. The molecule has 0 spiro atoms. The van der Waals surface area contributed by atoms with E-state index < -0.39 is 10.0 Å². The Bertz CT molecular complexity index is 979. The van der Waals surface area contributed by atoms with Crippen LogP contribution in [0.3, 0.4) is 0 Å². The van der Waals surface area contributed by atoms with Crippen LogP contribution < -0.4 is 0 Å². The summed E-state index contributed by atoms with van der Waals surface area (Å²) in [6.45, 7) is 4.10. The summed E-state index contributed by atoms with van der Waals surface area (Å²) in [7, 11) is -3.49. The number of hydrogen-bond donors (Lipinski definition) is 0. The first-order valence-corrected chi connectivity index (χ1v) is 11.3. The number of carbonyl (C=O) groups excluding carboxylic acids is 1. The molecular formula is C22H26N2O3S. The van der Waals surface area contributed by atoms with E-state index in [1.165, 1.54) is 15.4 Å². The van der Waals surface area contributed by atoms with E-state index in [2.05, 4.69) is 12.1 Å². The summed E-state index contributed by atoms with van der Waals surface area (Å²) in [6.07, 6.45) is 2.06. The van der Waals surface area contributed by atoms with Crippen molar-refractivity contribution in [3.05, 3.63) is 65.2 Å². The Balaban J connectivity index is 1.40. The van der Waals surface area contributed by atoms with E-state index in [9.17, 15) is 13.2 Å². The van der Waals surface area contributed by atoms with Crippen LogP contribution in [0.1, 0.15) is 29.5 Å². The molecule has 0 bridgehead atoms. The van der Waals surface area contributed by atoms with Gasteiger partial charge >= 0.3 is 0 Å². The molecule has 0 N–H and O–H groups in total. The fraction of sp³-hybridized carbons (Fsp3) is 0.409. The molecule has 1 saturated heterocycles. The molecule has 1 amide bonds. The molecule has 0 aliphatic carbocycles. The number of amides is 1. The van der Waals surface area contributed by atoms with Crippen molar-refractivity contribution < 1.29 is 13.2 Å². The number of nitrogens with zero attached hydrogens (tertiary/aromatic N) is 2. The Morgan fingerprint density at radius 2 is 1.68 bits per heavy atom. The van der Waals surface area contributed by atoms with Gasteiger partial charge < -0.3 is 4.90 Å². The zero-order chi connectivity index (χ0) is 19.7. The Morgan fingerprint density at radius 1 is 0.964 bits per heavy atom. The Kier molecular flexibility index (Phi) is 5.25. The lowest BCUT2D eigenvalue weighted by Crippen LogP contribution is -2.45. The topological polar surface area (TPSA) is 57.7 Å². The average molecular weight is 399 g/mol. The third kappa shape index (κ3) is 3.71. The first kappa shape index (κ1) is 19.2. The van der Waals surface area contributed by atoms with Gasteiger partial charge in [-0.05, 0) is 55.0 Å². The van der Waals surface area contributed by atoms with E-state index in [4.69, 9.17) is 0 Å². The average Bonchev–Trinajstić information content (AvgIpc) is 2.73. The van der Waals surface area contributed by atoms with Gasteiger partial charge in [0, 0.05) is 32.1 Å². The van der Waals surface area contributed by atoms with E-state index in [1.807, 2.05) is 30.0 Å². The first-order valence-electron chi connectivity index (χ1n) is 9.87. The fourth-order valence-electron chi connectivity index (χ4n) is 4.21. The van der Waals surface area contributed by atoms with Crippen molar-refractivity contribution in [1.29, 1.82) is 0 Å². The van der Waals surface area contributed by atoms with Gasteiger partial charge in [0.15, 0.2) is 0 Å². The second kappa shape index (κ2) is 7.68. The molecule has 2 heterocycles. The minimum Gasteiger partial charge on any atom is -0.338 e. The monoisotopic (exact) mass is 398 g/mol. The molecule has 28 heavy (non-hydrogen) atoms. The smallest absolute Gasteiger partial charge is 0.243 e. The Hall–Kier alpha value is -2.18. The van der Waals surface area contributed by atoms with E-state index >= 15 is 0 Å². The van der Waals surface area contributed by atoms with Crippen molar-refractivity contribution in [2.75, 3.05) is 19.6 Å². The summed E-state index contributed by atoms with van der Waals surface area (Å²) in [6, 6.07) is 15.3. The second-order valence-electron chi connectivity index (χ2n) is 7.77. The van der Waals surface area contributed by atoms with E-state index in [0.717, 1.165) is 18.5 Å². The van der Waals surface area contributed by atoms with Crippen molar-refractivity contribution in [3.8, 4) is 0 Å². The molecule has 0 radical (unpaired) electrons. The predicted molar refractivity (Wildman–Crippen MR) is 108 cm³/mol. The number of carbonyl (C=O) groups is 1. The van der Waals surface area contributed by atoms with Gasteiger partial charge in [-0.2, -0.15) is 4.31 Å². The number of aryl methyl sites for hydroxylation is 1. The van der Waals surface area contributed by atoms with E-state index in [0.29, 0.717) is 37.4 Å². The molecule has 2 aromatic rings. The van der Waals surface area contributed by atoms with Crippen LogP contribution in [0.4, 0.5) is 0 Å². The van der Waals surface area contributed by atoms with Crippen LogP contribution in [0.5, 0.6) is 0 Å². The van der Waals surface area contributed by atoms with Gasteiger partial charge in [0.1, 0.15) is 0 Å². The van der Waals surface area contributed by atoms with Crippen molar-refractivity contribution >= 4 is 15.9 Å². The zero-order valence-electron chi connectivity index (χ0n) is 16.2. The predicted octanol–water partition coefficient (Wildman–Crippen LogP) is 2.98. The van der Waals surface area contributed by atoms with Crippen LogP contribution in [0.25, 0.3) is 0 Å². The van der Waals surface area contributed by atoms with Crippen LogP contribution in [-0.4, -0.2) is 43.2 Å². The molecule has 0 saturated carbocycles. The normalized spacial score (nSPS) is 18.7. The molecule has 5 nitrogen and oxygen atoms in total. The van der Waals surface area contributed by atoms with Crippen molar-refractivity contribution in [2.24, 2.45) is 5.92 Å². The highest BCUT2D eigenvalue weighted by Crippen LogP contribution is 2.27. The number of rotatable bonds is 3. The van der Waals surface area contributed by atoms with Gasteiger partial charge in [-0.25, -0.2) is 8.42 Å². The van der Waals surface area contributed by atoms with Crippen LogP contribution in [0.15, 0.2) is 53.4 Å². The SMILES string of the molecule is Cc1cccc(S(=O)(=O)N2CCC(C(=O)N3CCc4ccccc4C3)CC2)c1. The number of piperidine rings is 1. The summed E-state index contributed by atoms with van der Waals surface area (Å²) in [5.74, 6) is 0.0799. The minimum absolute atomic E-state index is 0.0887. The lowest BCUT2D eigenvalue weighted by Gasteiger charge is -2.35. The number of sulfonamides is 1. The van der Waals surface area contributed by atoms with Gasteiger partial charge in [-0.1, -0.05) is 36.4 Å². The largest absolute Gasteiger partial charge is 0.338 e. The first-order chi connectivity index (χ1) is 13.4. The summed E-state index contributed by atoms with van der Waals surface area (Å²) in [5, 5.41) is 0. The van der Waals surface area contributed by atoms with Crippen LogP contribution >= 0.6 is 0 Å². The molecule has 148 valence electrons. The summed E-state index contributed by atoms with van der Waals surface area (Å²) < 4.78 is 27.3. The number of hydrogen-bond acceptors (Lipinski definition) is 3. The molecule has 2 aliphatic rings. The maximum atomic E-state index is 13.0. The van der Waals surface area contributed by atoms with Crippen molar-refractivity contribution in [3.63, 3.8) is 0 Å². The second-order valence-corrected chi connectivity index (χ2v) is 9.71. The van der Waals surface area contributed by atoms with Gasteiger partial charge in [-0.15, -0.1) is 0 Å². The molecule has 4 rings (SSSR count). The fourth-order valence-corrected chi connectivity index (χ4v) is 5.79. The minimum atomic E-state index is -3.49. The summed E-state index contributed by atoms with van der Waals surface area (Å²) in [4.78, 5) is 15.3. The van der Waals surface area contributed by atoms with Gasteiger partial charge in [-0.3, -0.25) is 4.79 Å². The quantitative estimate of drug-likeness (QED) is 0.799. The van der Waals surface area contributed by atoms with Gasteiger partial charge in [0.2, 0.25) is 15.9 Å². The van der Waals surface area contributed by atoms with E-state index in [-0.39, 0.29) is 11.8 Å². The highest BCUT2D eigenvalue weighted by atomic mass is 32.2. The van der Waals surface area contributed by atoms with Crippen molar-refractivity contribution in [1.82, 2.24) is 9.21 Å². The third-order valence-electron chi connectivity index (χ3n) is 5.87. The molecule has 6 heteroatoms. The number of benzene rings is 2.